The summed E-state index contributed by atoms with van der Waals surface area (Å²) in [4.78, 5) is 17.3. The van der Waals surface area contributed by atoms with Crippen LogP contribution in [0.5, 0.6) is 0 Å². The van der Waals surface area contributed by atoms with E-state index in [0.29, 0.717) is 25.3 Å². The molecule has 1 amide bonds. The van der Waals surface area contributed by atoms with E-state index in [2.05, 4.69) is 4.99 Å². The zero-order valence-corrected chi connectivity index (χ0v) is 9.41. The van der Waals surface area contributed by atoms with Crippen molar-refractivity contribution >= 4 is 18.0 Å². The van der Waals surface area contributed by atoms with Crippen molar-refractivity contribution in [2.24, 2.45) is 4.99 Å². The van der Waals surface area contributed by atoms with Gasteiger partial charge in [-0.2, -0.15) is 0 Å². The van der Waals surface area contributed by atoms with Gasteiger partial charge in [-0.3, -0.25) is 4.99 Å². The smallest absolute Gasteiger partial charge is 0.410 e. The first-order valence-corrected chi connectivity index (χ1v) is 4.94. The van der Waals surface area contributed by atoms with Gasteiger partial charge in [-0.15, -0.1) is 0 Å². The molecule has 5 nitrogen and oxygen atoms in total. The van der Waals surface area contributed by atoms with Crippen LogP contribution in [-0.2, 0) is 4.74 Å². The molecule has 1 aliphatic heterocycles. The van der Waals surface area contributed by atoms with Gasteiger partial charge in [-0.05, 0) is 20.8 Å². The monoisotopic (exact) mass is 211 g/mol. The topological polar surface area (TPSA) is 65.8 Å². The molecular formula is C10H17N3O2. The van der Waals surface area contributed by atoms with Crippen LogP contribution in [0.1, 0.15) is 20.8 Å². The first kappa shape index (κ1) is 11.7. The van der Waals surface area contributed by atoms with E-state index in [4.69, 9.17) is 10.1 Å². The first-order chi connectivity index (χ1) is 6.92. The fraction of sp³-hybridized carbons (Fsp3) is 0.700. The van der Waals surface area contributed by atoms with Gasteiger partial charge in [0.05, 0.1) is 18.8 Å². The highest BCUT2D eigenvalue weighted by atomic mass is 16.6. The Hall–Kier alpha value is -1.39. The summed E-state index contributed by atoms with van der Waals surface area (Å²) in [5.74, 6) is 0. The summed E-state index contributed by atoms with van der Waals surface area (Å²) in [5.41, 5.74) is 0.142. The zero-order valence-electron chi connectivity index (χ0n) is 9.41. The SMILES string of the molecule is CC(C)(C)OC(=O)N1CCN=C(C=N)C1. The average molecular weight is 211 g/mol. The van der Waals surface area contributed by atoms with Crippen LogP contribution in [0.25, 0.3) is 0 Å². The molecule has 0 atom stereocenters. The van der Waals surface area contributed by atoms with Crippen molar-refractivity contribution in [2.75, 3.05) is 19.6 Å². The van der Waals surface area contributed by atoms with E-state index in [1.807, 2.05) is 20.8 Å². The number of ether oxygens (including phenoxy) is 1. The number of aliphatic imine (C=N–C) groups is 1. The normalized spacial score (nSPS) is 17.0. The molecule has 0 unspecified atom stereocenters. The van der Waals surface area contributed by atoms with E-state index in [1.54, 1.807) is 4.90 Å². The van der Waals surface area contributed by atoms with Gasteiger partial charge in [-0.25, -0.2) is 4.79 Å². The second-order valence-corrected chi connectivity index (χ2v) is 4.42. The van der Waals surface area contributed by atoms with E-state index in [-0.39, 0.29) is 6.09 Å². The number of hydrogen-bond acceptors (Lipinski definition) is 4. The van der Waals surface area contributed by atoms with Crippen LogP contribution in [-0.4, -0.2) is 48.2 Å². The third-order valence-corrected chi connectivity index (χ3v) is 1.86. The second kappa shape index (κ2) is 4.42. The van der Waals surface area contributed by atoms with Gasteiger partial charge < -0.3 is 15.0 Å². The summed E-state index contributed by atoms with van der Waals surface area (Å²) < 4.78 is 5.23. The highest BCUT2D eigenvalue weighted by Gasteiger charge is 2.24. The standard InChI is InChI=1S/C10H17N3O2/c1-10(2,3)15-9(14)13-5-4-12-8(6-11)7-13/h6,11H,4-5,7H2,1-3H3. The average Bonchev–Trinajstić information content (AvgIpc) is 2.15. The Morgan fingerprint density at radius 2 is 2.27 bits per heavy atom. The first-order valence-electron chi connectivity index (χ1n) is 4.94. The van der Waals surface area contributed by atoms with Crippen LogP contribution >= 0.6 is 0 Å². The van der Waals surface area contributed by atoms with Crippen LogP contribution in [0.15, 0.2) is 4.99 Å². The molecule has 1 rings (SSSR count). The lowest BCUT2D eigenvalue weighted by molar-refractivity contribution is 0.0279. The molecule has 0 saturated carbocycles. The number of nitrogens with zero attached hydrogens (tertiary/aromatic N) is 2. The van der Waals surface area contributed by atoms with Crippen molar-refractivity contribution in [3.05, 3.63) is 0 Å². The van der Waals surface area contributed by atoms with E-state index in [0.717, 1.165) is 0 Å². The van der Waals surface area contributed by atoms with Crippen molar-refractivity contribution < 1.29 is 9.53 Å². The Bertz CT molecular complexity index is 292. The Kier molecular flexibility index (Phi) is 3.44. The Morgan fingerprint density at radius 3 is 2.80 bits per heavy atom. The number of hydrogen-bond donors (Lipinski definition) is 1. The highest BCUT2D eigenvalue weighted by Crippen LogP contribution is 2.10. The van der Waals surface area contributed by atoms with Gasteiger partial charge in [-0.1, -0.05) is 0 Å². The third-order valence-electron chi connectivity index (χ3n) is 1.86. The van der Waals surface area contributed by atoms with Crippen LogP contribution < -0.4 is 0 Å². The summed E-state index contributed by atoms with van der Waals surface area (Å²) in [5, 5.41) is 7.07. The summed E-state index contributed by atoms with van der Waals surface area (Å²) >= 11 is 0. The van der Waals surface area contributed by atoms with Crippen molar-refractivity contribution in [3.63, 3.8) is 0 Å². The van der Waals surface area contributed by atoms with E-state index < -0.39 is 5.60 Å². The van der Waals surface area contributed by atoms with Crippen molar-refractivity contribution in [1.82, 2.24) is 4.90 Å². The predicted octanol–water partition coefficient (Wildman–Crippen LogP) is 1.33. The predicted molar refractivity (Wildman–Crippen MR) is 58.9 cm³/mol. The minimum absolute atomic E-state index is 0.336. The van der Waals surface area contributed by atoms with E-state index in [1.165, 1.54) is 6.21 Å². The minimum atomic E-state index is -0.476. The lowest BCUT2D eigenvalue weighted by Crippen LogP contribution is -2.43. The second-order valence-electron chi connectivity index (χ2n) is 4.42. The Balaban J connectivity index is 2.55. The molecule has 0 fully saturated rings. The molecular weight excluding hydrogens is 194 g/mol. The van der Waals surface area contributed by atoms with Gasteiger partial charge >= 0.3 is 6.09 Å². The number of carbonyl (C=O) groups excluding carboxylic acids is 1. The fourth-order valence-corrected chi connectivity index (χ4v) is 1.21. The Labute approximate surface area is 89.6 Å². The molecule has 0 bridgehead atoms. The van der Waals surface area contributed by atoms with E-state index in [9.17, 15) is 4.79 Å². The molecule has 0 aromatic rings. The lowest BCUT2D eigenvalue weighted by atomic mass is 10.2. The molecule has 0 aliphatic carbocycles. The number of carbonyl (C=O) groups is 1. The van der Waals surface area contributed by atoms with Crippen molar-refractivity contribution in [2.45, 2.75) is 26.4 Å². The molecule has 1 aliphatic rings. The third kappa shape index (κ3) is 3.69. The highest BCUT2D eigenvalue weighted by molar-refractivity contribution is 6.30. The van der Waals surface area contributed by atoms with Crippen molar-refractivity contribution in [1.29, 1.82) is 5.41 Å². The van der Waals surface area contributed by atoms with Crippen LogP contribution in [0.4, 0.5) is 4.79 Å². The van der Waals surface area contributed by atoms with Gasteiger partial charge in [0.25, 0.3) is 0 Å². The minimum Gasteiger partial charge on any atom is -0.444 e. The molecule has 0 aromatic carbocycles. The maximum absolute atomic E-state index is 11.6. The molecule has 5 heteroatoms. The van der Waals surface area contributed by atoms with Crippen LogP contribution in [0, 0.1) is 5.41 Å². The molecule has 0 spiro atoms. The maximum atomic E-state index is 11.6. The fourth-order valence-electron chi connectivity index (χ4n) is 1.21. The van der Waals surface area contributed by atoms with Gasteiger partial charge in [0, 0.05) is 12.8 Å². The Morgan fingerprint density at radius 1 is 1.60 bits per heavy atom. The van der Waals surface area contributed by atoms with Crippen molar-refractivity contribution in [3.8, 4) is 0 Å². The summed E-state index contributed by atoms with van der Waals surface area (Å²) in [6.07, 6.45) is 0.841. The molecule has 0 saturated heterocycles. The quantitative estimate of drug-likeness (QED) is 0.665. The van der Waals surface area contributed by atoms with Crippen LogP contribution in [0.2, 0.25) is 0 Å². The summed E-state index contributed by atoms with van der Waals surface area (Å²) in [6, 6.07) is 0. The van der Waals surface area contributed by atoms with Crippen LogP contribution in [0.3, 0.4) is 0 Å². The summed E-state index contributed by atoms with van der Waals surface area (Å²) in [7, 11) is 0. The molecule has 0 radical (unpaired) electrons. The zero-order chi connectivity index (χ0) is 11.5. The molecule has 1 heterocycles. The number of rotatable bonds is 1. The van der Waals surface area contributed by atoms with E-state index >= 15 is 0 Å². The number of amides is 1. The molecule has 0 aromatic heterocycles. The maximum Gasteiger partial charge on any atom is 0.410 e. The lowest BCUT2D eigenvalue weighted by Gasteiger charge is -2.28. The molecule has 15 heavy (non-hydrogen) atoms. The summed E-state index contributed by atoms with van der Waals surface area (Å²) in [6.45, 7) is 6.98. The van der Waals surface area contributed by atoms with Gasteiger partial charge in [0.1, 0.15) is 5.60 Å². The largest absolute Gasteiger partial charge is 0.444 e. The molecule has 84 valence electrons. The van der Waals surface area contributed by atoms with Gasteiger partial charge in [0.2, 0.25) is 0 Å². The van der Waals surface area contributed by atoms with Gasteiger partial charge in [0.15, 0.2) is 0 Å². The molecule has 1 N–H and O–H groups in total. The number of nitrogens with one attached hydrogen (secondary N) is 1.